The molecule has 0 aliphatic carbocycles. The average Bonchev–Trinajstić information content (AvgIpc) is 2.58. The zero-order chi connectivity index (χ0) is 14.0. The van der Waals surface area contributed by atoms with Crippen LogP contribution in [0.15, 0.2) is 11.4 Å². The molecule has 0 fully saturated rings. The van der Waals surface area contributed by atoms with Crippen LogP contribution in [0.25, 0.3) is 0 Å². The van der Waals surface area contributed by atoms with Crippen molar-refractivity contribution >= 4 is 22.3 Å². The predicted molar refractivity (Wildman–Crippen MR) is 63.7 cm³/mol. The number of alkyl halides is 3. The van der Waals surface area contributed by atoms with E-state index in [-0.39, 0.29) is 11.5 Å². The first kappa shape index (κ1) is 14.8. The minimum Gasteiger partial charge on any atom is -0.459 e. The van der Waals surface area contributed by atoms with Crippen molar-refractivity contribution in [2.24, 2.45) is 0 Å². The Morgan fingerprint density at radius 2 is 2.00 bits per heavy atom. The van der Waals surface area contributed by atoms with E-state index in [9.17, 15) is 18.0 Å². The molecule has 0 radical (unpaired) electrons. The Labute approximate surface area is 107 Å². The van der Waals surface area contributed by atoms with Gasteiger partial charge in [0.2, 0.25) is 0 Å². The zero-order valence-electron chi connectivity index (χ0n) is 10.2. The van der Waals surface area contributed by atoms with Crippen LogP contribution in [0.3, 0.4) is 0 Å². The van der Waals surface area contributed by atoms with Crippen LogP contribution in [0.5, 0.6) is 0 Å². The minimum absolute atomic E-state index is 0.0756. The first-order chi connectivity index (χ1) is 8.09. The van der Waals surface area contributed by atoms with Crippen molar-refractivity contribution in [3.63, 3.8) is 0 Å². The quantitative estimate of drug-likeness (QED) is 0.861. The molecule has 1 heterocycles. The highest BCUT2D eigenvalue weighted by atomic mass is 32.1. The minimum atomic E-state index is -4.42. The summed E-state index contributed by atoms with van der Waals surface area (Å²) >= 11 is 0.897. The molecule has 3 nitrogen and oxygen atoms in total. The topological polar surface area (TPSA) is 38.3 Å². The van der Waals surface area contributed by atoms with E-state index < -0.39 is 23.3 Å². The number of hydrogen-bond acceptors (Lipinski definition) is 4. The Morgan fingerprint density at radius 3 is 2.50 bits per heavy atom. The van der Waals surface area contributed by atoms with Gasteiger partial charge < -0.3 is 10.1 Å². The van der Waals surface area contributed by atoms with Crippen LogP contribution in [-0.2, 0) is 15.7 Å². The number of carbonyl (C=O) groups excluding carboxylic acids is 1. The molecule has 0 bridgehead atoms. The molecule has 1 N–H and O–H groups in total. The molecular formula is C11H14F3NO2S. The maximum Gasteiger partial charge on any atom is 0.419 e. The van der Waals surface area contributed by atoms with Gasteiger partial charge in [-0.1, -0.05) is 0 Å². The summed E-state index contributed by atoms with van der Waals surface area (Å²) in [4.78, 5) is 11.4. The molecule has 0 spiro atoms. The highest BCUT2D eigenvalue weighted by Gasteiger charge is 2.34. The van der Waals surface area contributed by atoms with E-state index in [0.717, 1.165) is 17.4 Å². The molecule has 0 aliphatic rings. The number of anilines is 1. The standard InChI is InChI=1S/C11H14F3NO2S/c1-10(2,3)17-8(16)6-15-9-7(4-5-18-9)11(12,13)14/h4-5,15H,6H2,1-3H3. The lowest BCUT2D eigenvalue weighted by Gasteiger charge is -2.19. The number of hydrogen-bond donors (Lipinski definition) is 1. The molecule has 1 aromatic rings. The molecule has 18 heavy (non-hydrogen) atoms. The van der Waals surface area contributed by atoms with Crippen molar-refractivity contribution in [1.29, 1.82) is 0 Å². The molecule has 1 rings (SSSR count). The van der Waals surface area contributed by atoms with E-state index in [1.807, 2.05) is 0 Å². The maximum absolute atomic E-state index is 12.5. The maximum atomic E-state index is 12.5. The van der Waals surface area contributed by atoms with Gasteiger partial charge in [0.15, 0.2) is 0 Å². The number of thiophene rings is 1. The summed E-state index contributed by atoms with van der Waals surface area (Å²) in [7, 11) is 0. The first-order valence-electron chi connectivity index (χ1n) is 5.20. The zero-order valence-corrected chi connectivity index (χ0v) is 11.0. The normalized spacial score (nSPS) is 12.3. The fraction of sp³-hybridized carbons (Fsp3) is 0.545. The van der Waals surface area contributed by atoms with Crippen LogP contribution in [0.1, 0.15) is 26.3 Å². The summed E-state index contributed by atoms with van der Waals surface area (Å²) in [5.74, 6) is -0.593. The molecule has 0 aromatic carbocycles. The molecule has 0 aliphatic heterocycles. The van der Waals surface area contributed by atoms with Gasteiger partial charge in [0.05, 0.1) is 5.56 Å². The van der Waals surface area contributed by atoms with E-state index in [0.29, 0.717) is 0 Å². The fourth-order valence-corrected chi connectivity index (χ4v) is 2.01. The van der Waals surface area contributed by atoms with Gasteiger partial charge in [-0.05, 0) is 32.2 Å². The van der Waals surface area contributed by atoms with E-state index in [1.54, 1.807) is 20.8 Å². The van der Waals surface area contributed by atoms with Crippen molar-refractivity contribution in [2.45, 2.75) is 32.5 Å². The summed E-state index contributed by atoms with van der Waals surface area (Å²) in [6.45, 7) is 4.78. The Hall–Kier alpha value is -1.24. The van der Waals surface area contributed by atoms with Crippen molar-refractivity contribution in [3.05, 3.63) is 17.0 Å². The van der Waals surface area contributed by atoms with Gasteiger partial charge in [-0.15, -0.1) is 11.3 Å². The third kappa shape index (κ3) is 4.56. The van der Waals surface area contributed by atoms with Gasteiger partial charge in [-0.25, -0.2) is 0 Å². The van der Waals surface area contributed by atoms with Crippen LogP contribution in [0, 0.1) is 0 Å². The molecule has 102 valence electrons. The van der Waals surface area contributed by atoms with Gasteiger partial charge >= 0.3 is 12.1 Å². The molecule has 1 aromatic heterocycles. The summed E-state index contributed by atoms with van der Waals surface area (Å²) in [6, 6.07) is 0.974. The van der Waals surface area contributed by atoms with Crippen LogP contribution >= 0.6 is 11.3 Å². The molecule has 0 unspecified atom stereocenters. The second kappa shape index (κ2) is 5.17. The molecule has 7 heteroatoms. The van der Waals surface area contributed by atoms with E-state index >= 15 is 0 Å². The molecule has 0 saturated carbocycles. The van der Waals surface area contributed by atoms with Crippen molar-refractivity contribution in [3.8, 4) is 0 Å². The number of nitrogens with one attached hydrogen (secondary N) is 1. The third-order valence-electron chi connectivity index (χ3n) is 1.78. The monoisotopic (exact) mass is 281 g/mol. The lowest BCUT2D eigenvalue weighted by molar-refractivity contribution is -0.152. The lowest BCUT2D eigenvalue weighted by atomic mass is 10.2. The number of esters is 1. The van der Waals surface area contributed by atoms with Crippen LogP contribution < -0.4 is 5.32 Å². The van der Waals surface area contributed by atoms with Crippen LogP contribution in [0.4, 0.5) is 18.2 Å². The molecule has 0 atom stereocenters. The van der Waals surface area contributed by atoms with Crippen molar-refractivity contribution in [1.82, 2.24) is 0 Å². The lowest BCUT2D eigenvalue weighted by Crippen LogP contribution is -2.28. The Kier molecular flexibility index (Phi) is 4.26. The summed E-state index contributed by atoms with van der Waals surface area (Å²) in [6.07, 6.45) is -4.42. The highest BCUT2D eigenvalue weighted by Crippen LogP contribution is 2.37. The summed E-state index contributed by atoms with van der Waals surface area (Å²) in [5, 5.41) is 3.69. The Bertz CT molecular complexity index is 421. The summed E-state index contributed by atoms with van der Waals surface area (Å²) in [5.41, 5.74) is -1.42. The van der Waals surface area contributed by atoms with Gasteiger partial charge in [0.1, 0.15) is 17.1 Å². The Balaban J connectivity index is 2.60. The van der Waals surface area contributed by atoms with E-state index in [4.69, 9.17) is 4.74 Å². The Morgan fingerprint density at radius 1 is 1.39 bits per heavy atom. The second-order valence-electron chi connectivity index (χ2n) is 4.60. The number of carbonyl (C=O) groups is 1. The number of ether oxygens (including phenoxy) is 1. The molecule has 0 amide bonds. The average molecular weight is 281 g/mol. The number of rotatable bonds is 3. The van der Waals surface area contributed by atoms with Gasteiger partial charge in [-0.2, -0.15) is 13.2 Å². The largest absolute Gasteiger partial charge is 0.459 e. The first-order valence-corrected chi connectivity index (χ1v) is 6.08. The van der Waals surface area contributed by atoms with Gasteiger partial charge in [0.25, 0.3) is 0 Å². The number of halogens is 3. The van der Waals surface area contributed by atoms with Crippen LogP contribution in [-0.4, -0.2) is 18.1 Å². The van der Waals surface area contributed by atoms with Crippen molar-refractivity contribution in [2.75, 3.05) is 11.9 Å². The van der Waals surface area contributed by atoms with Gasteiger partial charge in [-0.3, -0.25) is 4.79 Å². The van der Waals surface area contributed by atoms with Crippen molar-refractivity contribution < 1.29 is 22.7 Å². The predicted octanol–water partition coefficient (Wildman–Crippen LogP) is 3.52. The van der Waals surface area contributed by atoms with Crippen LogP contribution in [0.2, 0.25) is 0 Å². The van der Waals surface area contributed by atoms with Gasteiger partial charge in [0, 0.05) is 0 Å². The SMILES string of the molecule is CC(C)(C)OC(=O)CNc1sccc1C(F)(F)F. The second-order valence-corrected chi connectivity index (χ2v) is 5.52. The highest BCUT2D eigenvalue weighted by molar-refractivity contribution is 7.14. The van der Waals surface area contributed by atoms with E-state index in [1.165, 1.54) is 5.38 Å². The third-order valence-corrected chi connectivity index (χ3v) is 2.66. The van der Waals surface area contributed by atoms with E-state index in [2.05, 4.69) is 5.32 Å². The molecule has 0 saturated heterocycles. The fourth-order valence-electron chi connectivity index (χ4n) is 1.20. The summed E-state index contributed by atoms with van der Waals surface area (Å²) < 4.78 is 42.6. The molecular weight excluding hydrogens is 267 g/mol. The smallest absolute Gasteiger partial charge is 0.419 e.